The minimum Gasteiger partial charge on any atom is -0.495 e. The number of ether oxygens (including phenoxy) is 2. The largest absolute Gasteiger partial charge is 0.495 e. The predicted molar refractivity (Wildman–Crippen MR) is 97.0 cm³/mol. The second-order valence-corrected chi connectivity index (χ2v) is 6.18. The van der Waals surface area contributed by atoms with E-state index in [0.717, 1.165) is 5.56 Å². The highest BCUT2D eigenvalue weighted by molar-refractivity contribution is 5.95. The number of hydrogen-bond acceptors (Lipinski definition) is 3. The zero-order chi connectivity index (χ0) is 17.7. The van der Waals surface area contributed by atoms with Gasteiger partial charge in [-0.2, -0.15) is 0 Å². The lowest BCUT2D eigenvalue weighted by molar-refractivity contribution is -0.122. The van der Waals surface area contributed by atoms with E-state index in [-0.39, 0.29) is 5.91 Å². The van der Waals surface area contributed by atoms with Crippen LogP contribution in [0.3, 0.4) is 0 Å². The van der Waals surface area contributed by atoms with Crippen molar-refractivity contribution in [3.05, 3.63) is 53.6 Å². The van der Waals surface area contributed by atoms with E-state index in [9.17, 15) is 4.79 Å². The predicted octanol–water partition coefficient (Wildman–Crippen LogP) is 4.53. The minimum absolute atomic E-state index is 0.216. The summed E-state index contributed by atoms with van der Waals surface area (Å²) in [5.41, 5.74) is 2.93. The highest BCUT2D eigenvalue weighted by Crippen LogP contribution is 2.26. The maximum atomic E-state index is 12.4. The van der Waals surface area contributed by atoms with Crippen LogP contribution in [0.5, 0.6) is 11.5 Å². The molecule has 0 fully saturated rings. The van der Waals surface area contributed by atoms with E-state index < -0.39 is 6.10 Å². The highest BCUT2D eigenvalue weighted by atomic mass is 16.5. The van der Waals surface area contributed by atoms with Gasteiger partial charge in [0.2, 0.25) is 0 Å². The molecule has 0 aliphatic carbocycles. The first kappa shape index (κ1) is 17.9. The maximum Gasteiger partial charge on any atom is 0.265 e. The molecule has 0 saturated carbocycles. The molecule has 0 spiro atoms. The monoisotopic (exact) mass is 327 g/mol. The van der Waals surface area contributed by atoms with Gasteiger partial charge in [-0.1, -0.05) is 32.0 Å². The van der Waals surface area contributed by atoms with E-state index in [1.807, 2.05) is 49.4 Å². The summed E-state index contributed by atoms with van der Waals surface area (Å²) in [7, 11) is 1.58. The quantitative estimate of drug-likeness (QED) is 0.848. The summed E-state index contributed by atoms with van der Waals surface area (Å²) in [4.78, 5) is 12.4. The third-order valence-electron chi connectivity index (χ3n) is 3.84. The summed E-state index contributed by atoms with van der Waals surface area (Å²) >= 11 is 0. The van der Waals surface area contributed by atoms with Gasteiger partial charge in [0.25, 0.3) is 5.91 Å². The van der Waals surface area contributed by atoms with Gasteiger partial charge in [-0.3, -0.25) is 4.79 Å². The van der Waals surface area contributed by atoms with Crippen molar-refractivity contribution in [1.82, 2.24) is 0 Å². The molecule has 0 aromatic heterocycles. The molecule has 0 heterocycles. The summed E-state index contributed by atoms with van der Waals surface area (Å²) in [6.07, 6.45) is -0.611. The third kappa shape index (κ3) is 4.51. The van der Waals surface area contributed by atoms with Crippen LogP contribution < -0.4 is 14.8 Å². The molecule has 128 valence electrons. The topological polar surface area (TPSA) is 47.6 Å². The van der Waals surface area contributed by atoms with Crippen molar-refractivity contribution < 1.29 is 14.3 Å². The van der Waals surface area contributed by atoms with Gasteiger partial charge in [-0.05, 0) is 55.2 Å². The molecule has 1 unspecified atom stereocenters. The van der Waals surface area contributed by atoms with Crippen molar-refractivity contribution in [3.63, 3.8) is 0 Å². The first-order valence-electron chi connectivity index (χ1n) is 8.13. The zero-order valence-corrected chi connectivity index (χ0v) is 14.9. The Balaban J connectivity index is 2.03. The normalized spacial score (nSPS) is 11.9. The van der Waals surface area contributed by atoms with Crippen molar-refractivity contribution in [1.29, 1.82) is 0 Å². The van der Waals surface area contributed by atoms with E-state index in [4.69, 9.17) is 9.47 Å². The van der Waals surface area contributed by atoms with Crippen LogP contribution >= 0.6 is 0 Å². The molecule has 4 nitrogen and oxygen atoms in total. The highest BCUT2D eigenvalue weighted by Gasteiger charge is 2.17. The first-order valence-corrected chi connectivity index (χ1v) is 8.13. The Kier molecular flexibility index (Phi) is 5.85. The van der Waals surface area contributed by atoms with Gasteiger partial charge in [-0.25, -0.2) is 0 Å². The first-order chi connectivity index (χ1) is 11.4. The van der Waals surface area contributed by atoms with Gasteiger partial charge in [0.05, 0.1) is 12.8 Å². The van der Waals surface area contributed by atoms with Crippen LogP contribution in [0, 0.1) is 6.92 Å². The molecular weight excluding hydrogens is 302 g/mol. The zero-order valence-electron chi connectivity index (χ0n) is 14.9. The smallest absolute Gasteiger partial charge is 0.265 e. The van der Waals surface area contributed by atoms with Gasteiger partial charge in [0.1, 0.15) is 11.5 Å². The Labute approximate surface area is 143 Å². The van der Waals surface area contributed by atoms with E-state index in [1.54, 1.807) is 14.0 Å². The summed E-state index contributed by atoms with van der Waals surface area (Å²) < 4.78 is 11.0. The van der Waals surface area contributed by atoms with Crippen molar-refractivity contribution >= 4 is 11.6 Å². The number of benzene rings is 2. The number of carbonyl (C=O) groups excluding carboxylic acids is 1. The summed E-state index contributed by atoms with van der Waals surface area (Å²) in [6.45, 7) is 7.97. The third-order valence-corrected chi connectivity index (χ3v) is 3.84. The fraction of sp³-hybridized carbons (Fsp3) is 0.350. The molecule has 0 aliphatic heterocycles. The molecule has 0 aliphatic rings. The summed E-state index contributed by atoms with van der Waals surface area (Å²) in [5, 5.41) is 2.86. The van der Waals surface area contributed by atoms with Gasteiger partial charge in [-0.15, -0.1) is 0 Å². The molecular formula is C20H25NO3. The Bertz CT molecular complexity index is 693. The Morgan fingerprint density at radius 3 is 2.29 bits per heavy atom. The van der Waals surface area contributed by atoms with Crippen LogP contribution in [0.25, 0.3) is 0 Å². The van der Waals surface area contributed by atoms with Crippen molar-refractivity contribution in [2.75, 3.05) is 12.4 Å². The van der Waals surface area contributed by atoms with Crippen LogP contribution in [-0.2, 0) is 4.79 Å². The SMILES string of the molecule is COc1ccc(C)cc1NC(=O)C(C)Oc1ccc(C(C)C)cc1. The Morgan fingerprint density at radius 1 is 1.04 bits per heavy atom. The average molecular weight is 327 g/mol. The van der Waals surface area contributed by atoms with Crippen LogP contribution in [0.4, 0.5) is 5.69 Å². The minimum atomic E-state index is -0.611. The van der Waals surface area contributed by atoms with Crippen molar-refractivity contribution in [2.45, 2.75) is 39.7 Å². The van der Waals surface area contributed by atoms with Crippen molar-refractivity contribution in [3.8, 4) is 11.5 Å². The van der Waals surface area contributed by atoms with Crippen molar-refractivity contribution in [2.24, 2.45) is 0 Å². The van der Waals surface area contributed by atoms with Crippen LogP contribution in [0.15, 0.2) is 42.5 Å². The molecule has 4 heteroatoms. The lowest BCUT2D eigenvalue weighted by Gasteiger charge is -2.17. The van der Waals surface area contributed by atoms with Crippen LogP contribution in [0.1, 0.15) is 37.8 Å². The number of carbonyl (C=O) groups is 1. The number of rotatable bonds is 6. The molecule has 0 bridgehead atoms. The summed E-state index contributed by atoms with van der Waals surface area (Å²) in [6, 6.07) is 13.5. The lowest BCUT2D eigenvalue weighted by Crippen LogP contribution is -2.30. The Morgan fingerprint density at radius 2 is 1.71 bits per heavy atom. The molecule has 2 aromatic rings. The Hall–Kier alpha value is -2.49. The lowest BCUT2D eigenvalue weighted by atomic mass is 10.0. The second kappa shape index (κ2) is 7.86. The number of methoxy groups -OCH3 is 1. The number of anilines is 1. The molecule has 1 amide bonds. The molecule has 1 atom stereocenters. The van der Waals surface area contributed by atoms with E-state index >= 15 is 0 Å². The van der Waals surface area contributed by atoms with Gasteiger partial charge < -0.3 is 14.8 Å². The van der Waals surface area contributed by atoms with Gasteiger partial charge in [0.15, 0.2) is 6.10 Å². The average Bonchev–Trinajstić information content (AvgIpc) is 2.55. The molecule has 0 saturated heterocycles. The van der Waals surface area contributed by atoms with Crippen LogP contribution in [-0.4, -0.2) is 19.1 Å². The second-order valence-electron chi connectivity index (χ2n) is 6.18. The number of nitrogens with one attached hydrogen (secondary N) is 1. The van der Waals surface area contributed by atoms with Crippen LogP contribution in [0.2, 0.25) is 0 Å². The van der Waals surface area contributed by atoms with E-state index in [0.29, 0.717) is 23.1 Å². The number of hydrogen-bond donors (Lipinski definition) is 1. The fourth-order valence-corrected chi connectivity index (χ4v) is 2.34. The van der Waals surface area contributed by atoms with E-state index in [2.05, 4.69) is 19.2 Å². The molecule has 24 heavy (non-hydrogen) atoms. The molecule has 1 N–H and O–H groups in total. The molecule has 2 rings (SSSR count). The van der Waals surface area contributed by atoms with Gasteiger partial charge >= 0.3 is 0 Å². The summed E-state index contributed by atoms with van der Waals surface area (Å²) in [5.74, 6) is 1.56. The number of aryl methyl sites for hydroxylation is 1. The maximum absolute atomic E-state index is 12.4. The standard InChI is InChI=1S/C20H25NO3/c1-13(2)16-7-9-17(10-8-16)24-15(4)20(22)21-18-12-14(3)6-11-19(18)23-5/h6-13,15H,1-5H3,(H,21,22). The van der Waals surface area contributed by atoms with E-state index in [1.165, 1.54) is 5.56 Å². The fourth-order valence-electron chi connectivity index (χ4n) is 2.34. The number of amides is 1. The molecule has 0 radical (unpaired) electrons. The molecule has 2 aromatic carbocycles. The van der Waals surface area contributed by atoms with Gasteiger partial charge in [0, 0.05) is 0 Å².